The maximum atomic E-state index is 11.8. The van der Waals surface area contributed by atoms with Gasteiger partial charge in [0.2, 0.25) is 0 Å². The Morgan fingerprint density at radius 2 is 1.63 bits per heavy atom. The molecule has 0 aliphatic carbocycles. The second kappa shape index (κ2) is 10.9. The zero-order valence-corrected chi connectivity index (χ0v) is 17.5. The number of hydrogen-bond donors (Lipinski definition) is 2. The van der Waals surface area contributed by atoms with Crippen molar-refractivity contribution in [1.29, 1.82) is 0 Å². The summed E-state index contributed by atoms with van der Waals surface area (Å²) in [6.07, 6.45) is 1.80. The lowest BCUT2D eigenvalue weighted by molar-refractivity contribution is 0.336. The first-order valence-corrected chi connectivity index (χ1v) is 10.1. The van der Waals surface area contributed by atoms with Crippen molar-refractivity contribution in [3.63, 3.8) is 0 Å². The van der Waals surface area contributed by atoms with Crippen LogP contribution in [-0.4, -0.2) is 24.2 Å². The van der Waals surface area contributed by atoms with Gasteiger partial charge in [0.05, 0.1) is 13.2 Å². The Bertz CT molecular complexity index is 1030. The highest BCUT2D eigenvalue weighted by molar-refractivity contribution is 5.79. The second-order valence-electron chi connectivity index (χ2n) is 6.80. The third-order valence-electron chi connectivity index (χ3n) is 4.68. The van der Waals surface area contributed by atoms with E-state index in [0.717, 1.165) is 28.4 Å². The molecule has 0 aliphatic rings. The maximum Gasteiger partial charge on any atom is 0.250 e. The first-order chi connectivity index (χ1) is 14.7. The fraction of sp³-hybridized carbons (Fsp3) is 0.250. The molecule has 0 atom stereocenters. The minimum atomic E-state index is 0.00373. The Balaban J connectivity index is 1.53. The molecule has 2 N–H and O–H groups in total. The fourth-order valence-electron chi connectivity index (χ4n) is 3.08. The number of benzene rings is 2. The molecular formula is C24H28N4O2. The third kappa shape index (κ3) is 5.98. The molecule has 0 radical (unpaired) electrons. The fourth-order valence-corrected chi connectivity index (χ4v) is 3.08. The van der Waals surface area contributed by atoms with Crippen LogP contribution in [-0.2, 0) is 19.6 Å². The summed E-state index contributed by atoms with van der Waals surface area (Å²) in [5.74, 6) is 1.61. The highest BCUT2D eigenvalue weighted by Gasteiger charge is 2.04. The Morgan fingerprint density at radius 3 is 2.37 bits per heavy atom. The van der Waals surface area contributed by atoms with Gasteiger partial charge in [-0.15, -0.1) is 0 Å². The number of rotatable bonds is 8. The molecule has 1 aromatic heterocycles. The summed E-state index contributed by atoms with van der Waals surface area (Å²) in [7, 11) is 1.75. The van der Waals surface area contributed by atoms with E-state index in [1.807, 2.05) is 49.4 Å². The molecule has 0 saturated carbocycles. The Morgan fingerprint density at radius 1 is 0.933 bits per heavy atom. The van der Waals surface area contributed by atoms with E-state index in [4.69, 9.17) is 4.74 Å². The molecule has 0 saturated heterocycles. The van der Waals surface area contributed by atoms with Gasteiger partial charge in [0.1, 0.15) is 5.75 Å². The Kier molecular flexibility index (Phi) is 7.66. The van der Waals surface area contributed by atoms with Gasteiger partial charge in [-0.2, -0.15) is 0 Å². The van der Waals surface area contributed by atoms with Gasteiger partial charge in [0.25, 0.3) is 5.56 Å². The molecule has 6 heteroatoms. The van der Waals surface area contributed by atoms with Gasteiger partial charge >= 0.3 is 0 Å². The van der Waals surface area contributed by atoms with Gasteiger partial charge in [0, 0.05) is 38.0 Å². The van der Waals surface area contributed by atoms with Crippen molar-refractivity contribution in [1.82, 2.24) is 15.2 Å². The van der Waals surface area contributed by atoms with E-state index in [1.54, 1.807) is 29.9 Å². The summed E-state index contributed by atoms with van der Waals surface area (Å²) >= 11 is 0. The molecule has 3 aromatic rings. The molecule has 30 heavy (non-hydrogen) atoms. The molecule has 0 fully saturated rings. The van der Waals surface area contributed by atoms with Crippen molar-refractivity contribution in [2.45, 2.75) is 26.6 Å². The summed E-state index contributed by atoms with van der Waals surface area (Å²) in [4.78, 5) is 16.1. The van der Waals surface area contributed by atoms with E-state index in [9.17, 15) is 4.79 Å². The minimum absolute atomic E-state index is 0.00373. The Hall–Kier alpha value is -3.54. The number of aromatic nitrogens is 1. The van der Waals surface area contributed by atoms with Gasteiger partial charge in [-0.3, -0.25) is 9.79 Å². The summed E-state index contributed by atoms with van der Waals surface area (Å²) in [5.41, 5.74) is 3.31. The van der Waals surface area contributed by atoms with Gasteiger partial charge in [-0.1, -0.05) is 48.5 Å². The lowest BCUT2D eigenvalue weighted by atomic mass is 10.1. The highest BCUT2D eigenvalue weighted by Crippen LogP contribution is 2.17. The van der Waals surface area contributed by atoms with Crippen molar-refractivity contribution >= 4 is 5.96 Å². The van der Waals surface area contributed by atoms with Gasteiger partial charge < -0.3 is 19.9 Å². The number of aliphatic imine (C=N–C) groups is 1. The van der Waals surface area contributed by atoms with Crippen molar-refractivity contribution in [2.24, 2.45) is 4.99 Å². The predicted molar refractivity (Wildman–Crippen MR) is 121 cm³/mol. The minimum Gasteiger partial charge on any atom is -0.494 e. The van der Waals surface area contributed by atoms with Crippen LogP contribution in [0.15, 0.2) is 82.7 Å². The van der Waals surface area contributed by atoms with Crippen LogP contribution in [0.1, 0.15) is 23.6 Å². The van der Waals surface area contributed by atoms with Crippen molar-refractivity contribution < 1.29 is 4.74 Å². The van der Waals surface area contributed by atoms with Crippen LogP contribution >= 0.6 is 0 Å². The number of para-hydroxylation sites is 1. The number of nitrogens with zero attached hydrogens (tertiary/aromatic N) is 2. The monoisotopic (exact) mass is 404 g/mol. The van der Waals surface area contributed by atoms with Crippen LogP contribution in [0.25, 0.3) is 0 Å². The number of hydrogen-bond acceptors (Lipinski definition) is 3. The molecule has 0 amide bonds. The standard InChI is InChI=1S/C24H28N4O2/c1-3-30-22-9-5-4-8-21(22)17-27-24(25-2)26-16-19-11-13-20(14-12-19)18-28-15-7-6-10-23(28)29/h4-15H,3,16-18H2,1-2H3,(H2,25,26,27). The van der Waals surface area contributed by atoms with Crippen molar-refractivity contribution in [3.8, 4) is 5.75 Å². The maximum absolute atomic E-state index is 11.8. The highest BCUT2D eigenvalue weighted by atomic mass is 16.5. The molecule has 0 bridgehead atoms. The van der Waals surface area contributed by atoms with E-state index in [0.29, 0.717) is 26.2 Å². The zero-order chi connectivity index (χ0) is 21.2. The van der Waals surface area contributed by atoms with E-state index >= 15 is 0 Å². The SMILES string of the molecule is CCOc1ccccc1CNC(=NC)NCc1ccc(Cn2ccccc2=O)cc1. The summed E-state index contributed by atoms with van der Waals surface area (Å²) in [6, 6.07) is 21.4. The van der Waals surface area contributed by atoms with E-state index in [-0.39, 0.29) is 5.56 Å². The van der Waals surface area contributed by atoms with E-state index < -0.39 is 0 Å². The molecule has 0 unspecified atom stereocenters. The normalized spacial score (nSPS) is 11.2. The molecule has 156 valence electrons. The number of ether oxygens (including phenoxy) is 1. The number of guanidine groups is 1. The largest absolute Gasteiger partial charge is 0.494 e. The second-order valence-corrected chi connectivity index (χ2v) is 6.80. The molecular weight excluding hydrogens is 376 g/mol. The van der Waals surface area contributed by atoms with Crippen LogP contribution in [0.5, 0.6) is 5.75 Å². The van der Waals surface area contributed by atoms with Crippen LogP contribution < -0.4 is 20.9 Å². The molecule has 3 rings (SSSR count). The molecule has 0 aliphatic heterocycles. The van der Waals surface area contributed by atoms with Crippen molar-refractivity contribution in [3.05, 3.63) is 100.0 Å². The van der Waals surface area contributed by atoms with Crippen LogP contribution in [0.4, 0.5) is 0 Å². The molecule has 0 spiro atoms. The lowest BCUT2D eigenvalue weighted by Crippen LogP contribution is -2.36. The predicted octanol–water partition coefficient (Wildman–Crippen LogP) is 3.16. The van der Waals surface area contributed by atoms with E-state index in [1.165, 1.54) is 0 Å². The Labute approximate surface area is 177 Å². The third-order valence-corrected chi connectivity index (χ3v) is 4.68. The first-order valence-electron chi connectivity index (χ1n) is 10.1. The van der Waals surface area contributed by atoms with E-state index in [2.05, 4.69) is 27.8 Å². The average molecular weight is 405 g/mol. The molecule has 2 aromatic carbocycles. The number of nitrogens with one attached hydrogen (secondary N) is 2. The molecule has 6 nitrogen and oxygen atoms in total. The summed E-state index contributed by atoms with van der Waals surface area (Å²) in [6.45, 7) is 4.46. The summed E-state index contributed by atoms with van der Waals surface area (Å²) in [5, 5.41) is 6.65. The lowest BCUT2D eigenvalue weighted by Gasteiger charge is -2.14. The van der Waals surface area contributed by atoms with Crippen LogP contribution in [0.2, 0.25) is 0 Å². The molecule has 1 heterocycles. The quantitative estimate of drug-likeness (QED) is 0.447. The van der Waals surface area contributed by atoms with Crippen molar-refractivity contribution in [2.75, 3.05) is 13.7 Å². The van der Waals surface area contributed by atoms with Crippen LogP contribution in [0, 0.1) is 0 Å². The van der Waals surface area contributed by atoms with Crippen LogP contribution in [0.3, 0.4) is 0 Å². The van der Waals surface area contributed by atoms with Gasteiger partial charge in [-0.05, 0) is 30.2 Å². The first kappa shape index (κ1) is 21.2. The zero-order valence-electron chi connectivity index (χ0n) is 17.5. The topological polar surface area (TPSA) is 67.7 Å². The van der Waals surface area contributed by atoms with Gasteiger partial charge in [0.15, 0.2) is 5.96 Å². The average Bonchev–Trinajstić information content (AvgIpc) is 2.78. The smallest absolute Gasteiger partial charge is 0.250 e. The number of pyridine rings is 1. The summed E-state index contributed by atoms with van der Waals surface area (Å²) < 4.78 is 7.37. The van der Waals surface area contributed by atoms with Gasteiger partial charge in [-0.25, -0.2) is 0 Å².